The molecule has 0 aromatic heterocycles. The average Bonchev–Trinajstić information content (AvgIpc) is 2.83. The molecule has 0 aliphatic rings. The van der Waals surface area contributed by atoms with E-state index in [0.717, 1.165) is 9.87 Å². The molecule has 176 valence electrons. The van der Waals surface area contributed by atoms with Gasteiger partial charge < -0.3 is 4.74 Å². The number of nitrogens with zero attached hydrogens (tertiary/aromatic N) is 2. The number of aryl methyl sites for hydroxylation is 2. The summed E-state index contributed by atoms with van der Waals surface area (Å²) in [7, 11) is -2.71. The number of rotatable bonds is 8. The van der Waals surface area contributed by atoms with E-state index in [1.165, 1.54) is 25.5 Å². The first-order valence-electron chi connectivity index (χ1n) is 10.4. The Bertz CT molecular complexity index is 1300. The van der Waals surface area contributed by atoms with Gasteiger partial charge in [-0.1, -0.05) is 48.0 Å². The summed E-state index contributed by atoms with van der Waals surface area (Å²) in [4.78, 5) is 24.2. The van der Waals surface area contributed by atoms with E-state index in [1.54, 1.807) is 67.6 Å². The van der Waals surface area contributed by atoms with Crippen LogP contribution >= 0.6 is 0 Å². The highest BCUT2D eigenvalue weighted by Gasteiger charge is 2.28. The number of carbonyl (C=O) groups excluding carboxylic acids is 2. The number of esters is 1. The SMILES string of the molecule is COC(=O)c1ccc(/C=N/NC(=O)CN(c2ccccc2C)S(=O)(=O)c2ccc(C)cc2)cc1. The van der Waals surface area contributed by atoms with E-state index >= 15 is 0 Å². The van der Waals surface area contributed by atoms with Crippen LogP contribution in [0.5, 0.6) is 0 Å². The van der Waals surface area contributed by atoms with E-state index in [0.29, 0.717) is 22.4 Å². The lowest BCUT2D eigenvalue weighted by atomic mass is 10.1. The van der Waals surface area contributed by atoms with Gasteiger partial charge in [-0.05, 0) is 55.3 Å². The lowest BCUT2D eigenvalue weighted by Crippen LogP contribution is -2.40. The van der Waals surface area contributed by atoms with Crippen molar-refractivity contribution in [1.29, 1.82) is 0 Å². The number of carbonyl (C=O) groups is 2. The fourth-order valence-electron chi connectivity index (χ4n) is 3.15. The molecule has 3 aromatic carbocycles. The first kappa shape index (κ1) is 24.7. The summed E-state index contributed by atoms with van der Waals surface area (Å²) < 4.78 is 32.5. The van der Waals surface area contributed by atoms with Crippen LogP contribution in [0.15, 0.2) is 82.8 Å². The van der Waals surface area contributed by atoms with Gasteiger partial charge in [0.05, 0.1) is 29.5 Å². The second kappa shape index (κ2) is 10.8. The van der Waals surface area contributed by atoms with Gasteiger partial charge in [0.2, 0.25) is 0 Å². The number of para-hydroxylation sites is 1. The topological polar surface area (TPSA) is 105 Å². The molecule has 0 radical (unpaired) electrons. The molecule has 3 rings (SSSR count). The molecule has 1 amide bonds. The van der Waals surface area contributed by atoms with Crippen molar-refractivity contribution in [3.63, 3.8) is 0 Å². The fraction of sp³-hybridized carbons (Fsp3) is 0.160. The lowest BCUT2D eigenvalue weighted by molar-refractivity contribution is -0.119. The predicted octanol–water partition coefficient (Wildman–Crippen LogP) is 3.44. The molecule has 0 bridgehead atoms. The number of nitrogens with one attached hydrogen (secondary N) is 1. The summed E-state index contributed by atoms with van der Waals surface area (Å²) in [5.41, 5.74) is 5.42. The van der Waals surface area contributed by atoms with Gasteiger partial charge in [-0.25, -0.2) is 18.6 Å². The molecule has 0 spiro atoms. The van der Waals surface area contributed by atoms with Crippen molar-refractivity contribution in [2.24, 2.45) is 5.10 Å². The van der Waals surface area contributed by atoms with Crippen molar-refractivity contribution in [3.05, 3.63) is 95.1 Å². The molecule has 3 aromatic rings. The number of hydrogen-bond donors (Lipinski definition) is 1. The summed E-state index contributed by atoms with van der Waals surface area (Å²) >= 11 is 0. The number of amides is 1. The maximum absolute atomic E-state index is 13.4. The molecule has 0 atom stereocenters. The van der Waals surface area contributed by atoms with Gasteiger partial charge in [0, 0.05) is 0 Å². The molecule has 0 unspecified atom stereocenters. The predicted molar refractivity (Wildman–Crippen MR) is 130 cm³/mol. The molecule has 34 heavy (non-hydrogen) atoms. The zero-order valence-corrected chi connectivity index (χ0v) is 19.9. The van der Waals surface area contributed by atoms with Crippen molar-refractivity contribution in [2.45, 2.75) is 18.7 Å². The number of anilines is 1. The Balaban J connectivity index is 1.79. The summed E-state index contributed by atoms with van der Waals surface area (Å²) in [6, 6.07) is 19.8. The van der Waals surface area contributed by atoms with Crippen LogP contribution in [-0.4, -0.2) is 40.2 Å². The maximum Gasteiger partial charge on any atom is 0.337 e. The van der Waals surface area contributed by atoms with Crippen molar-refractivity contribution in [3.8, 4) is 0 Å². The van der Waals surface area contributed by atoms with E-state index < -0.39 is 28.4 Å². The van der Waals surface area contributed by atoms with Crippen LogP contribution in [0.25, 0.3) is 0 Å². The largest absolute Gasteiger partial charge is 0.465 e. The zero-order valence-electron chi connectivity index (χ0n) is 19.1. The third kappa shape index (κ3) is 5.87. The Labute approximate surface area is 198 Å². The molecule has 0 saturated carbocycles. The number of hydrogen-bond acceptors (Lipinski definition) is 6. The molecule has 0 heterocycles. The first-order chi connectivity index (χ1) is 16.2. The van der Waals surface area contributed by atoms with E-state index in [4.69, 9.17) is 0 Å². The number of hydrazone groups is 1. The molecule has 0 aliphatic heterocycles. The fourth-order valence-corrected chi connectivity index (χ4v) is 4.63. The lowest BCUT2D eigenvalue weighted by Gasteiger charge is -2.25. The number of benzene rings is 3. The zero-order chi connectivity index (χ0) is 24.7. The summed E-state index contributed by atoms with van der Waals surface area (Å²) in [5.74, 6) is -1.07. The minimum absolute atomic E-state index is 0.0864. The van der Waals surface area contributed by atoms with Crippen molar-refractivity contribution in [1.82, 2.24) is 5.43 Å². The van der Waals surface area contributed by atoms with Crippen LogP contribution in [0.2, 0.25) is 0 Å². The minimum atomic E-state index is -4.00. The molecule has 0 saturated heterocycles. The standard InChI is InChI=1S/C25H25N3O5S/c1-18-8-14-22(15-9-18)34(31,32)28(23-7-5-4-6-19(23)2)17-24(29)27-26-16-20-10-12-21(13-11-20)25(30)33-3/h4-16H,17H2,1-3H3,(H,27,29)/b26-16+. The Morgan fingerprint density at radius 3 is 2.24 bits per heavy atom. The van der Waals surface area contributed by atoms with Gasteiger partial charge in [0.1, 0.15) is 6.54 Å². The Hall–Kier alpha value is -3.98. The molecular formula is C25H25N3O5S. The second-order valence-corrected chi connectivity index (χ2v) is 9.38. The van der Waals surface area contributed by atoms with Gasteiger partial charge in [-0.15, -0.1) is 0 Å². The molecule has 9 heteroatoms. The highest BCUT2D eigenvalue weighted by molar-refractivity contribution is 7.92. The van der Waals surface area contributed by atoms with Gasteiger partial charge in [-0.2, -0.15) is 5.10 Å². The smallest absolute Gasteiger partial charge is 0.337 e. The summed E-state index contributed by atoms with van der Waals surface area (Å²) in [5, 5.41) is 3.91. The monoisotopic (exact) mass is 479 g/mol. The summed E-state index contributed by atoms with van der Waals surface area (Å²) in [6.07, 6.45) is 1.39. The molecule has 0 fully saturated rings. The molecule has 8 nitrogen and oxygen atoms in total. The van der Waals surface area contributed by atoms with Gasteiger partial charge in [-0.3, -0.25) is 9.10 Å². The van der Waals surface area contributed by atoms with E-state index in [9.17, 15) is 18.0 Å². The minimum Gasteiger partial charge on any atom is -0.465 e. The summed E-state index contributed by atoms with van der Waals surface area (Å²) in [6.45, 7) is 3.19. The van der Waals surface area contributed by atoms with Crippen molar-refractivity contribution >= 4 is 33.8 Å². The van der Waals surface area contributed by atoms with E-state index in [-0.39, 0.29) is 4.90 Å². The highest BCUT2D eigenvalue weighted by Crippen LogP contribution is 2.26. The molecule has 1 N–H and O–H groups in total. The van der Waals surface area contributed by atoms with E-state index in [2.05, 4.69) is 15.3 Å². The number of methoxy groups -OCH3 is 1. The van der Waals surface area contributed by atoms with Crippen LogP contribution in [0.1, 0.15) is 27.0 Å². The van der Waals surface area contributed by atoms with Gasteiger partial charge >= 0.3 is 5.97 Å². The Kier molecular flexibility index (Phi) is 7.80. The van der Waals surface area contributed by atoms with Gasteiger partial charge in [0.15, 0.2) is 0 Å². The Morgan fingerprint density at radius 1 is 0.971 bits per heavy atom. The molecule has 0 aliphatic carbocycles. The van der Waals surface area contributed by atoms with Crippen molar-refractivity contribution < 1.29 is 22.7 Å². The third-order valence-corrected chi connectivity index (χ3v) is 6.79. The van der Waals surface area contributed by atoms with Crippen LogP contribution in [-0.2, 0) is 19.6 Å². The van der Waals surface area contributed by atoms with Crippen molar-refractivity contribution in [2.75, 3.05) is 18.0 Å². The number of ether oxygens (including phenoxy) is 1. The second-order valence-electron chi connectivity index (χ2n) is 7.52. The van der Waals surface area contributed by atoms with E-state index in [1.807, 2.05) is 6.92 Å². The Morgan fingerprint density at radius 2 is 1.62 bits per heavy atom. The number of sulfonamides is 1. The third-order valence-electron chi connectivity index (χ3n) is 5.01. The quantitative estimate of drug-likeness (QED) is 0.303. The highest BCUT2D eigenvalue weighted by atomic mass is 32.2. The van der Waals surface area contributed by atoms with Gasteiger partial charge in [0.25, 0.3) is 15.9 Å². The van der Waals surface area contributed by atoms with Crippen LogP contribution in [0.4, 0.5) is 5.69 Å². The normalized spacial score (nSPS) is 11.3. The van der Waals surface area contributed by atoms with Crippen LogP contribution in [0, 0.1) is 13.8 Å². The van der Waals surface area contributed by atoms with Crippen LogP contribution in [0.3, 0.4) is 0 Å². The molecular weight excluding hydrogens is 454 g/mol. The maximum atomic E-state index is 13.4. The van der Waals surface area contributed by atoms with Crippen LogP contribution < -0.4 is 9.73 Å². The first-order valence-corrected chi connectivity index (χ1v) is 11.8. The average molecular weight is 480 g/mol.